The monoisotopic (exact) mass is 731 g/mol. The van der Waals surface area contributed by atoms with Crippen molar-refractivity contribution in [1.82, 2.24) is 20.4 Å². The van der Waals surface area contributed by atoms with E-state index >= 15 is 0 Å². The van der Waals surface area contributed by atoms with Gasteiger partial charge in [0.15, 0.2) is 0 Å². The molecule has 298 valence electrons. The summed E-state index contributed by atoms with van der Waals surface area (Å²) in [5.74, 6) is -0.906. The van der Waals surface area contributed by atoms with E-state index in [9.17, 15) is 19.5 Å². The highest BCUT2D eigenvalue weighted by Gasteiger charge is 2.41. The van der Waals surface area contributed by atoms with Crippen LogP contribution in [0.1, 0.15) is 114 Å². The zero-order valence-electron chi connectivity index (χ0n) is 34.6. The van der Waals surface area contributed by atoms with Gasteiger partial charge < -0.3 is 35.0 Å². The van der Waals surface area contributed by atoms with Gasteiger partial charge in [-0.25, -0.2) is 0 Å². The summed E-state index contributed by atoms with van der Waals surface area (Å²) >= 11 is 0. The average molecular weight is 731 g/mol. The van der Waals surface area contributed by atoms with Gasteiger partial charge in [0.2, 0.25) is 17.7 Å². The lowest BCUT2D eigenvalue weighted by molar-refractivity contribution is -0.143. The molecule has 10 atom stereocenters. The van der Waals surface area contributed by atoms with Crippen LogP contribution in [0.15, 0.2) is 36.1 Å². The summed E-state index contributed by atoms with van der Waals surface area (Å²) in [7, 11) is 5.16. The first-order valence-corrected chi connectivity index (χ1v) is 19.9. The third kappa shape index (κ3) is 12.2. The standard InChI is InChI=1S/C42H74N4O6/c1-14-28(6)37(45(11)42(50)36(27(4)5)44-40(48)30(8)26(2)3)35(51-12)25-29(7)46-24-20-23-34(46)39(52-13)31(9)41(49)43-32(10)38(47)33-21-18-16-15-17-19-22-33/h18,21-22,26-28,30-32,34-39,47H,7,14-17,19-20,23-25H2,1-6,8-13H3,(H,43,49)(H,44,48)/t28-,30?,31+,32+,34-,35+,36-,37?,38+,39+/m0/s1. The second kappa shape index (κ2) is 21.9. The molecule has 2 aliphatic rings. The van der Waals surface area contributed by atoms with Crippen LogP contribution < -0.4 is 10.6 Å². The number of nitrogens with one attached hydrogen (secondary N) is 2. The molecule has 1 aliphatic carbocycles. The van der Waals surface area contributed by atoms with Gasteiger partial charge in [-0.2, -0.15) is 0 Å². The number of hydrogen-bond donors (Lipinski definition) is 3. The maximum atomic E-state index is 14.1. The van der Waals surface area contributed by atoms with Gasteiger partial charge in [-0.05, 0) is 68.8 Å². The van der Waals surface area contributed by atoms with E-state index in [1.54, 1.807) is 19.1 Å². The number of aliphatic hydroxyl groups excluding tert-OH is 1. The molecule has 0 aromatic heterocycles. The minimum absolute atomic E-state index is 0.0721. The highest BCUT2D eigenvalue weighted by Crippen LogP contribution is 2.33. The topological polar surface area (TPSA) is 120 Å². The van der Waals surface area contributed by atoms with Crippen molar-refractivity contribution >= 4 is 17.7 Å². The molecule has 0 aromatic carbocycles. The molecule has 1 heterocycles. The Morgan fingerprint density at radius 2 is 1.58 bits per heavy atom. The Bertz CT molecular complexity index is 1220. The molecule has 0 radical (unpaired) electrons. The predicted octanol–water partition coefficient (Wildman–Crippen LogP) is 6.25. The van der Waals surface area contributed by atoms with E-state index in [0.29, 0.717) is 6.42 Å². The maximum absolute atomic E-state index is 14.1. The van der Waals surface area contributed by atoms with Crippen LogP contribution in [0.25, 0.3) is 0 Å². The van der Waals surface area contributed by atoms with Gasteiger partial charge in [0.05, 0.1) is 42.4 Å². The Balaban J connectivity index is 2.22. The number of carbonyl (C=O) groups is 3. The van der Waals surface area contributed by atoms with Crippen LogP contribution in [-0.4, -0.2) is 103 Å². The number of amides is 3. The molecule has 10 heteroatoms. The fraction of sp³-hybridized carbons (Fsp3) is 0.786. The van der Waals surface area contributed by atoms with Gasteiger partial charge >= 0.3 is 0 Å². The fourth-order valence-corrected chi connectivity index (χ4v) is 7.68. The Morgan fingerprint density at radius 1 is 0.942 bits per heavy atom. The summed E-state index contributed by atoms with van der Waals surface area (Å²) in [5, 5.41) is 17.2. The first-order valence-electron chi connectivity index (χ1n) is 19.9. The zero-order chi connectivity index (χ0) is 39.3. The summed E-state index contributed by atoms with van der Waals surface area (Å²) in [5.41, 5.74) is 1.73. The van der Waals surface area contributed by atoms with E-state index in [1.165, 1.54) is 0 Å². The van der Waals surface area contributed by atoms with Gasteiger partial charge in [-0.15, -0.1) is 0 Å². The molecule has 1 fully saturated rings. The molecule has 1 aliphatic heterocycles. The van der Waals surface area contributed by atoms with Gasteiger partial charge in [-0.1, -0.05) is 86.6 Å². The number of ether oxygens (including phenoxy) is 2. The van der Waals surface area contributed by atoms with Crippen LogP contribution in [0, 0.1) is 29.6 Å². The summed E-state index contributed by atoms with van der Waals surface area (Å²) in [6.45, 7) is 23.1. The molecular weight excluding hydrogens is 656 g/mol. The number of likely N-dealkylation sites (N-methyl/N-ethyl adjacent to an activating group) is 1. The van der Waals surface area contributed by atoms with Gasteiger partial charge in [-0.3, -0.25) is 14.4 Å². The van der Waals surface area contributed by atoms with Crippen LogP contribution in [0.2, 0.25) is 0 Å². The third-order valence-electron chi connectivity index (χ3n) is 11.7. The molecule has 0 aromatic rings. The maximum Gasteiger partial charge on any atom is 0.245 e. The van der Waals surface area contributed by atoms with Crippen LogP contribution in [0.3, 0.4) is 0 Å². The quantitative estimate of drug-likeness (QED) is 0.136. The molecular formula is C42H74N4O6. The van der Waals surface area contributed by atoms with Gasteiger partial charge in [0, 0.05) is 45.8 Å². The van der Waals surface area contributed by atoms with Crippen molar-refractivity contribution in [2.24, 2.45) is 29.6 Å². The molecule has 1 saturated heterocycles. The third-order valence-corrected chi connectivity index (χ3v) is 11.7. The van der Waals surface area contributed by atoms with Gasteiger partial charge in [0.25, 0.3) is 0 Å². The fourth-order valence-electron chi connectivity index (χ4n) is 7.68. The first-order chi connectivity index (χ1) is 24.5. The number of carbonyl (C=O) groups excluding carboxylic acids is 3. The Kier molecular flexibility index (Phi) is 19.1. The van der Waals surface area contributed by atoms with E-state index in [2.05, 4.69) is 48.1 Å². The number of methoxy groups -OCH3 is 2. The molecule has 3 N–H and O–H groups in total. The molecule has 10 nitrogen and oxygen atoms in total. The molecule has 2 unspecified atom stereocenters. The minimum Gasteiger partial charge on any atom is -0.386 e. The van der Waals surface area contributed by atoms with Crippen molar-refractivity contribution in [3.63, 3.8) is 0 Å². The van der Waals surface area contributed by atoms with Crippen molar-refractivity contribution in [3.05, 3.63) is 36.1 Å². The highest BCUT2D eigenvalue weighted by molar-refractivity contribution is 5.88. The molecule has 3 amide bonds. The Morgan fingerprint density at radius 3 is 2.15 bits per heavy atom. The van der Waals surface area contributed by atoms with Gasteiger partial charge in [0.1, 0.15) is 6.04 Å². The van der Waals surface area contributed by atoms with Crippen molar-refractivity contribution in [2.75, 3.05) is 27.8 Å². The van der Waals surface area contributed by atoms with E-state index in [4.69, 9.17) is 9.47 Å². The lowest BCUT2D eigenvalue weighted by Gasteiger charge is -2.42. The summed E-state index contributed by atoms with van der Waals surface area (Å²) < 4.78 is 12.2. The van der Waals surface area contributed by atoms with Crippen molar-refractivity contribution in [2.45, 2.75) is 156 Å². The number of likely N-dealkylation sites (tertiary alicyclic amines) is 1. The highest BCUT2D eigenvalue weighted by atomic mass is 16.5. The zero-order valence-corrected chi connectivity index (χ0v) is 34.6. The normalized spacial score (nSPS) is 21.9. The lowest BCUT2D eigenvalue weighted by Crippen LogP contribution is -2.57. The smallest absolute Gasteiger partial charge is 0.245 e. The first kappa shape index (κ1) is 45.5. The average Bonchev–Trinajstić information content (AvgIpc) is 3.58. The largest absolute Gasteiger partial charge is 0.386 e. The van der Waals surface area contributed by atoms with Crippen molar-refractivity contribution in [3.8, 4) is 0 Å². The summed E-state index contributed by atoms with van der Waals surface area (Å²) in [4.78, 5) is 44.9. The minimum atomic E-state index is -0.792. The predicted molar refractivity (Wildman–Crippen MR) is 210 cm³/mol. The second-order valence-corrected chi connectivity index (χ2v) is 16.2. The van der Waals surface area contributed by atoms with E-state index < -0.39 is 30.2 Å². The van der Waals surface area contributed by atoms with Crippen molar-refractivity contribution < 1.29 is 29.0 Å². The second-order valence-electron chi connectivity index (χ2n) is 16.2. The molecule has 0 saturated carbocycles. The molecule has 2 rings (SSSR count). The van der Waals surface area contributed by atoms with Crippen molar-refractivity contribution in [1.29, 1.82) is 0 Å². The molecule has 0 bridgehead atoms. The van der Waals surface area contributed by atoms with Crippen LogP contribution >= 0.6 is 0 Å². The van der Waals surface area contributed by atoms with Crippen LogP contribution in [-0.2, 0) is 23.9 Å². The Hall–Kier alpha value is -2.69. The number of rotatable bonds is 20. The molecule has 52 heavy (non-hydrogen) atoms. The Labute approximate surface area is 316 Å². The van der Waals surface area contributed by atoms with Crippen LogP contribution in [0.5, 0.6) is 0 Å². The lowest BCUT2D eigenvalue weighted by atomic mass is 9.88. The van der Waals surface area contributed by atoms with E-state index in [1.807, 2.05) is 61.6 Å². The number of hydrogen-bond acceptors (Lipinski definition) is 7. The van der Waals surface area contributed by atoms with Crippen LogP contribution in [0.4, 0.5) is 0 Å². The summed E-state index contributed by atoms with van der Waals surface area (Å²) in [6.07, 6.45) is 11.9. The number of aliphatic hydroxyl groups is 1. The molecule has 0 spiro atoms. The number of nitrogens with zero attached hydrogens (tertiary/aromatic N) is 2. The number of allylic oxidation sites excluding steroid dienone is 2. The van der Waals surface area contributed by atoms with E-state index in [-0.39, 0.29) is 59.6 Å². The SMILES string of the molecule is C=C(C[C@@H](OC)C([C@@H](C)CC)N(C)C(=O)[C@@H](NC(=O)C(C)C(C)C)C(C)C)N1CCC[C@H]1[C@H](OC)[C@@H](C)C(=O)N[C@H](C)[C@@H](O)C1=CCCCCC=C1. The van der Waals surface area contributed by atoms with E-state index in [0.717, 1.165) is 62.8 Å². The summed E-state index contributed by atoms with van der Waals surface area (Å²) in [6, 6.07) is -1.45.